The molecule has 1 aliphatic heterocycles. The number of hydrogen-bond donors (Lipinski definition) is 2. The van der Waals surface area contributed by atoms with Crippen LogP contribution in [0.2, 0.25) is 10.0 Å². The van der Waals surface area contributed by atoms with Crippen LogP contribution in [0.25, 0.3) is 0 Å². The number of hydrogen-bond acceptors (Lipinski definition) is 4. The van der Waals surface area contributed by atoms with Crippen molar-refractivity contribution in [2.24, 2.45) is 0 Å². The summed E-state index contributed by atoms with van der Waals surface area (Å²) in [5, 5.41) is 14.2. The largest absolute Gasteiger partial charge is 0.489 e. The summed E-state index contributed by atoms with van der Waals surface area (Å²) in [6.45, 7) is 0.607. The first kappa shape index (κ1) is 17.0. The third-order valence-corrected chi connectivity index (χ3v) is 5.27. The van der Waals surface area contributed by atoms with Crippen molar-refractivity contribution in [2.45, 2.75) is 25.0 Å². The molecule has 0 aromatic heterocycles. The summed E-state index contributed by atoms with van der Waals surface area (Å²) in [4.78, 5) is 0. The number of aliphatic hydroxyl groups excluding tert-OH is 1. The van der Waals surface area contributed by atoms with Crippen LogP contribution in [0.3, 0.4) is 0 Å². The zero-order valence-electron chi connectivity index (χ0n) is 11.6. The molecule has 7 heteroatoms. The zero-order valence-corrected chi connectivity index (χ0v) is 13.9. The number of aliphatic hydroxyl groups is 1. The molecule has 1 aromatic carbocycles. The fraction of sp³-hybridized carbons (Fsp3) is 0.571. The SMILES string of the molecule is O=S1CCC(NCC(O)COc2ccc(Cl)cc2Cl)CC1. The number of benzene rings is 1. The Morgan fingerprint density at radius 1 is 1.38 bits per heavy atom. The van der Waals surface area contributed by atoms with Crippen LogP contribution in [0.1, 0.15) is 12.8 Å². The van der Waals surface area contributed by atoms with E-state index in [9.17, 15) is 9.32 Å². The molecule has 1 unspecified atom stereocenters. The van der Waals surface area contributed by atoms with Crippen molar-refractivity contribution in [3.63, 3.8) is 0 Å². The van der Waals surface area contributed by atoms with E-state index in [-0.39, 0.29) is 6.61 Å². The molecular formula is C14H19Cl2NO3S. The quantitative estimate of drug-likeness (QED) is 0.824. The third kappa shape index (κ3) is 5.75. The van der Waals surface area contributed by atoms with Gasteiger partial charge in [0, 0.05) is 39.9 Å². The van der Waals surface area contributed by atoms with Crippen molar-refractivity contribution in [3.05, 3.63) is 28.2 Å². The number of nitrogens with one attached hydrogen (secondary N) is 1. The fourth-order valence-corrected chi connectivity index (χ4v) is 3.90. The van der Waals surface area contributed by atoms with Crippen molar-refractivity contribution in [3.8, 4) is 5.75 Å². The summed E-state index contributed by atoms with van der Waals surface area (Å²) >= 11 is 11.8. The monoisotopic (exact) mass is 351 g/mol. The molecule has 1 saturated heterocycles. The summed E-state index contributed by atoms with van der Waals surface area (Å²) in [5.74, 6) is 1.99. The van der Waals surface area contributed by atoms with Crippen molar-refractivity contribution < 1.29 is 14.1 Å². The zero-order chi connectivity index (χ0) is 15.2. The first-order valence-electron chi connectivity index (χ1n) is 6.89. The van der Waals surface area contributed by atoms with Gasteiger partial charge >= 0.3 is 0 Å². The molecule has 4 nitrogen and oxygen atoms in total. The Labute approximate surface area is 137 Å². The normalized spacial score (nSPS) is 23.8. The van der Waals surface area contributed by atoms with Gasteiger partial charge in [-0.2, -0.15) is 0 Å². The van der Waals surface area contributed by atoms with Gasteiger partial charge in [0.1, 0.15) is 18.5 Å². The lowest BCUT2D eigenvalue weighted by molar-refractivity contribution is 0.103. The van der Waals surface area contributed by atoms with Gasteiger partial charge in [0.2, 0.25) is 0 Å². The Morgan fingerprint density at radius 3 is 2.76 bits per heavy atom. The summed E-state index contributed by atoms with van der Waals surface area (Å²) in [6.07, 6.45) is 1.16. The Bertz CT molecular complexity index is 491. The minimum absolute atomic E-state index is 0.160. The molecule has 0 bridgehead atoms. The van der Waals surface area contributed by atoms with E-state index < -0.39 is 16.9 Å². The topological polar surface area (TPSA) is 58.6 Å². The highest BCUT2D eigenvalue weighted by Crippen LogP contribution is 2.27. The molecule has 0 spiro atoms. The molecule has 0 radical (unpaired) electrons. The summed E-state index contributed by atoms with van der Waals surface area (Å²) in [5.41, 5.74) is 0. The van der Waals surface area contributed by atoms with E-state index >= 15 is 0 Å². The van der Waals surface area contributed by atoms with Crippen LogP contribution in [-0.4, -0.2) is 46.1 Å². The van der Waals surface area contributed by atoms with Crippen molar-refractivity contribution in [2.75, 3.05) is 24.7 Å². The molecule has 118 valence electrons. The molecule has 2 rings (SSSR count). The van der Waals surface area contributed by atoms with E-state index in [2.05, 4.69) is 5.32 Å². The van der Waals surface area contributed by atoms with E-state index in [0.29, 0.717) is 28.4 Å². The van der Waals surface area contributed by atoms with E-state index in [1.54, 1.807) is 18.2 Å². The summed E-state index contributed by atoms with van der Waals surface area (Å²) < 4.78 is 16.7. The highest BCUT2D eigenvalue weighted by Gasteiger charge is 2.18. The molecule has 1 fully saturated rings. The molecular weight excluding hydrogens is 333 g/mol. The van der Waals surface area contributed by atoms with Crippen molar-refractivity contribution in [1.82, 2.24) is 5.32 Å². The summed E-state index contributed by atoms with van der Waals surface area (Å²) in [7, 11) is -0.661. The van der Waals surface area contributed by atoms with E-state index in [1.807, 2.05) is 0 Å². The third-order valence-electron chi connectivity index (χ3n) is 3.36. The average Bonchev–Trinajstić information content (AvgIpc) is 2.46. The molecule has 0 amide bonds. The standard InChI is InChI=1S/C14H19Cl2NO3S/c15-10-1-2-14(13(16)7-10)20-9-12(18)8-17-11-3-5-21(19)6-4-11/h1-2,7,11-12,17-18H,3-6,8-9H2. The van der Waals surface area contributed by atoms with Crippen LogP contribution in [0.5, 0.6) is 5.75 Å². The Hall–Kier alpha value is -0.330. The number of halogens is 2. The Morgan fingerprint density at radius 2 is 2.10 bits per heavy atom. The maximum Gasteiger partial charge on any atom is 0.138 e. The van der Waals surface area contributed by atoms with Gasteiger partial charge in [-0.05, 0) is 31.0 Å². The maximum atomic E-state index is 11.3. The smallest absolute Gasteiger partial charge is 0.138 e. The second-order valence-electron chi connectivity index (χ2n) is 5.07. The molecule has 1 heterocycles. The molecule has 1 atom stereocenters. The van der Waals surface area contributed by atoms with Gasteiger partial charge in [-0.3, -0.25) is 4.21 Å². The Kier molecular flexibility index (Phi) is 6.76. The van der Waals surface area contributed by atoms with Crippen LogP contribution in [0, 0.1) is 0 Å². The van der Waals surface area contributed by atoms with Gasteiger partial charge in [-0.15, -0.1) is 0 Å². The molecule has 1 aliphatic rings. The van der Waals surface area contributed by atoms with Gasteiger partial charge in [0.25, 0.3) is 0 Å². The van der Waals surface area contributed by atoms with E-state index in [1.165, 1.54) is 0 Å². The van der Waals surface area contributed by atoms with Gasteiger partial charge in [-0.1, -0.05) is 23.2 Å². The first-order valence-corrected chi connectivity index (χ1v) is 9.13. The van der Waals surface area contributed by atoms with Crippen LogP contribution in [-0.2, 0) is 10.8 Å². The highest BCUT2D eigenvalue weighted by molar-refractivity contribution is 7.85. The van der Waals surface area contributed by atoms with E-state index in [4.69, 9.17) is 27.9 Å². The van der Waals surface area contributed by atoms with Crippen LogP contribution in [0.4, 0.5) is 0 Å². The predicted molar refractivity (Wildman–Crippen MR) is 86.9 cm³/mol. The second kappa shape index (κ2) is 8.34. The molecule has 2 N–H and O–H groups in total. The lowest BCUT2D eigenvalue weighted by Gasteiger charge is -2.24. The number of ether oxygens (including phenoxy) is 1. The van der Waals surface area contributed by atoms with Gasteiger partial charge < -0.3 is 15.2 Å². The van der Waals surface area contributed by atoms with Gasteiger partial charge in [0.05, 0.1) is 5.02 Å². The van der Waals surface area contributed by atoms with E-state index in [0.717, 1.165) is 24.3 Å². The number of rotatable bonds is 6. The lowest BCUT2D eigenvalue weighted by Crippen LogP contribution is -2.41. The fourth-order valence-electron chi connectivity index (χ4n) is 2.14. The lowest BCUT2D eigenvalue weighted by atomic mass is 10.1. The first-order chi connectivity index (χ1) is 10.0. The van der Waals surface area contributed by atoms with Crippen molar-refractivity contribution >= 4 is 34.0 Å². The molecule has 1 aromatic rings. The predicted octanol–water partition coefficient (Wildman–Crippen LogP) is 2.23. The highest BCUT2D eigenvalue weighted by atomic mass is 35.5. The van der Waals surface area contributed by atoms with Crippen LogP contribution in [0.15, 0.2) is 18.2 Å². The summed E-state index contributed by atoms with van der Waals surface area (Å²) in [6, 6.07) is 5.30. The minimum Gasteiger partial charge on any atom is -0.489 e. The Balaban J connectivity index is 1.69. The molecule has 0 aliphatic carbocycles. The maximum absolute atomic E-state index is 11.3. The van der Waals surface area contributed by atoms with Gasteiger partial charge in [0.15, 0.2) is 0 Å². The average molecular weight is 352 g/mol. The van der Waals surface area contributed by atoms with Crippen LogP contribution < -0.4 is 10.1 Å². The molecule has 0 saturated carbocycles. The van der Waals surface area contributed by atoms with Crippen molar-refractivity contribution in [1.29, 1.82) is 0 Å². The van der Waals surface area contributed by atoms with Gasteiger partial charge in [-0.25, -0.2) is 0 Å². The molecule has 21 heavy (non-hydrogen) atoms. The second-order valence-corrected chi connectivity index (χ2v) is 7.61. The van der Waals surface area contributed by atoms with Crippen LogP contribution >= 0.6 is 23.2 Å². The minimum atomic E-state index is -0.661.